The first kappa shape index (κ1) is 16.7. The molecule has 2 aromatic heterocycles. The molecule has 0 saturated carbocycles. The number of hydrogen-bond acceptors (Lipinski definition) is 5. The lowest BCUT2D eigenvalue weighted by molar-refractivity contribution is -0.140. The summed E-state index contributed by atoms with van der Waals surface area (Å²) in [6.45, 7) is 7.24. The lowest BCUT2D eigenvalue weighted by Gasteiger charge is -2.15. The van der Waals surface area contributed by atoms with Crippen molar-refractivity contribution in [3.8, 4) is 11.4 Å². The Morgan fingerprint density at radius 2 is 2.04 bits per heavy atom. The molecule has 0 unspecified atom stereocenters. The second-order valence-electron chi connectivity index (χ2n) is 4.69. The van der Waals surface area contributed by atoms with Gasteiger partial charge in [0.15, 0.2) is 17.4 Å². The van der Waals surface area contributed by atoms with Gasteiger partial charge in [-0.3, -0.25) is 4.98 Å². The van der Waals surface area contributed by atoms with Crippen LogP contribution in [0, 0.1) is 6.92 Å². The van der Waals surface area contributed by atoms with Gasteiger partial charge < -0.3 is 10.1 Å². The second-order valence-corrected chi connectivity index (χ2v) is 4.69. The number of aromatic nitrogens is 3. The molecular formula is C15H15F3N4O. The first-order valence-corrected chi connectivity index (χ1v) is 6.76. The van der Waals surface area contributed by atoms with E-state index >= 15 is 0 Å². The summed E-state index contributed by atoms with van der Waals surface area (Å²) in [4.78, 5) is 11.5. The Hall–Kier alpha value is -2.64. The summed E-state index contributed by atoms with van der Waals surface area (Å²) >= 11 is 0. The first-order valence-electron chi connectivity index (χ1n) is 6.76. The fourth-order valence-electron chi connectivity index (χ4n) is 1.87. The van der Waals surface area contributed by atoms with Crippen LogP contribution in [0.25, 0.3) is 11.4 Å². The van der Waals surface area contributed by atoms with Crippen LogP contribution in [-0.4, -0.2) is 21.6 Å². The Morgan fingerprint density at radius 3 is 2.65 bits per heavy atom. The Morgan fingerprint density at radius 1 is 1.30 bits per heavy atom. The van der Waals surface area contributed by atoms with Gasteiger partial charge in [0.2, 0.25) is 0 Å². The molecule has 0 aromatic carbocycles. The van der Waals surface area contributed by atoms with Crippen LogP contribution in [0.1, 0.15) is 18.2 Å². The number of ether oxygens (including phenoxy) is 1. The lowest BCUT2D eigenvalue weighted by atomic mass is 10.2. The van der Waals surface area contributed by atoms with Crippen LogP contribution < -0.4 is 5.32 Å². The van der Waals surface area contributed by atoms with E-state index in [0.717, 1.165) is 11.8 Å². The van der Waals surface area contributed by atoms with Crippen molar-refractivity contribution in [2.75, 3.05) is 11.9 Å². The molecule has 0 amide bonds. The largest absolute Gasteiger partial charge is 0.480 e. The molecule has 122 valence electrons. The van der Waals surface area contributed by atoms with Gasteiger partial charge in [0, 0.05) is 18.0 Å². The van der Waals surface area contributed by atoms with E-state index < -0.39 is 11.9 Å². The van der Waals surface area contributed by atoms with Crippen LogP contribution in [0.15, 0.2) is 37.1 Å². The van der Waals surface area contributed by atoms with Gasteiger partial charge in [0.1, 0.15) is 0 Å². The molecule has 0 aliphatic heterocycles. The summed E-state index contributed by atoms with van der Waals surface area (Å²) in [5, 5.41) is 2.43. The molecular weight excluding hydrogens is 309 g/mol. The summed E-state index contributed by atoms with van der Waals surface area (Å²) in [5.41, 5.74) is -0.206. The quantitative estimate of drug-likeness (QED) is 0.848. The predicted molar refractivity (Wildman–Crippen MR) is 79.4 cm³/mol. The number of pyridine rings is 1. The Bertz CT molecular complexity index is 716. The smallest absolute Gasteiger partial charge is 0.435 e. The van der Waals surface area contributed by atoms with Crippen LogP contribution >= 0.6 is 0 Å². The van der Waals surface area contributed by atoms with E-state index in [9.17, 15) is 13.2 Å². The zero-order chi connectivity index (χ0) is 17.0. The molecule has 2 rings (SSSR count). The van der Waals surface area contributed by atoms with Crippen molar-refractivity contribution >= 4 is 5.69 Å². The van der Waals surface area contributed by atoms with Gasteiger partial charge in [-0.25, -0.2) is 9.97 Å². The van der Waals surface area contributed by atoms with Gasteiger partial charge in [-0.1, -0.05) is 0 Å². The number of rotatable bonds is 5. The van der Waals surface area contributed by atoms with Crippen LogP contribution in [0.5, 0.6) is 0 Å². The summed E-state index contributed by atoms with van der Waals surface area (Å²) in [6.07, 6.45) is -0.591. The molecule has 0 atom stereocenters. The Labute approximate surface area is 131 Å². The third kappa shape index (κ3) is 4.18. The zero-order valence-electron chi connectivity index (χ0n) is 12.6. The first-order chi connectivity index (χ1) is 10.8. The SMILES string of the molecule is C=C(Nc1cnc(-c2cncc(C)c2)nc1C(F)(F)F)OCC. The molecule has 0 radical (unpaired) electrons. The standard InChI is InChI=1S/C15H15F3N4O/c1-4-23-10(3)21-12-8-20-14(22-13(12)15(16,17)18)11-5-9(2)6-19-7-11/h5-8,21H,3-4H2,1-2H3. The van der Waals surface area contributed by atoms with Crippen LogP contribution in [0.2, 0.25) is 0 Å². The van der Waals surface area contributed by atoms with E-state index in [0.29, 0.717) is 5.56 Å². The summed E-state index contributed by atoms with van der Waals surface area (Å²) in [7, 11) is 0. The van der Waals surface area contributed by atoms with Crippen molar-refractivity contribution in [1.82, 2.24) is 15.0 Å². The summed E-state index contributed by atoms with van der Waals surface area (Å²) in [6, 6.07) is 1.66. The third-order valence-electron chi connectivity index (χ3n) is 2.78. The number of nitrogens with zero attached hydrogens (tertiary/aromatic N) is 3. The highest BCUT2D eigenvalue weighted by Gasteiger charge is 2.36. The normalized spacial score (nSPS) is 11.2. The maximum atomic E-state index is 13.2. The van der Waals surface area contributed by atoms with E-state index in [4.69, 9.17) is 4.74 Å². The number of hydrogen-bond donors (Lipinski definition) is 1. The number of alkyl halides is 3. The molecule has 5 nitrogen and oxygen atoms in total. The molecule has 0 spiro atoms. The molecule has 0 saturated heterocycles. The molecule has 2 aromatic rings. The molecule has 0 aliphatic carbocycles. The van der Waals surface area contributed by atoms with Crippen molar-refractivity contribution in [2.24, 2.45) is 0 Å². The third-order valence-corrected chi connectivity index (χ3v) is 2.78. The van der Waals surface area contributed by atoms with Crippen molar-refractivity contribution in [1.29, 1.82) is 0 Å². The second kappa shape index (κ2) is 6.64. The molecule has 0 fully saturated rings. The highest BCUT2D eigenvalue weighted by Crippen LogP contribution is 2.34. The highest BCUT2D eigenvalue weighted by molar-refractivity contribution is 5.59. The molecule has 23 heavy (non-hydrogen) atoms. The maximum absolute atomic E-state index is 13.2. The van der Waals surface area contributed by atoms with E-state index in [2.05, 4.69) is 26.8 Å². The fraction of sp³-hybridized carbons (Fsp3) is 0.267. The van der Waals surface area contributed by atoms with Gasteiger partial charge in [0.05, 0.1) is 18.5 Å². The minimum absolute atomic E-state index is 0.00780. The van der Waals surface area contributed by atoms with Gasteiger partial charge in [-0.15, -0.1) is 0 Å². The minimum atomic E-state index is -4.65. The monoisotopic (exact) mass is 324 g/mol. The molecule has 8 heteroatoms. The van der Waals surface area contributed by atoms with Gasteiger partial charge in [-0.05, 0) is 32.1 Å². The average molecular weight is 324 g/mol. The maximum Gasteiger partial charge on any atom is 0.435 e. The molecule has 0 bridgehead atoms. The topological polar surface area (TPSA) is 59.9 Å². The van der Waals surface area contributed by atoms with Crippen LogP contribution in [0.4, 0.5) is 18.9 Å². The van der Waals surface area contributed by atoms with Gasteiger partial charge >= 0.3 is 6.18 Å². The predicted octanol–water partition coefficient (Wildman–Crippen LogP) is 3.79. The molecule has 2 heterocycles. The lowest BCUT2D eigenvalue weighted by Crippen LogP contribution is -2.15. The van der Waals surface area contributed by atoms with Gasteiger partial charge in [0.25, 0.3) is 0 Å². The van der Waals surface area contributed by atoms with Gasteiger partial charge in [-0.2, -0.15) is 13.2 Å². The number of aryl methyl sites for hydroxylation is 1. The van der Waals surface area contributed by atoms with Crippen LogP contribution in [0.3, 0.4) is 0 Å². The minimum Gasteiger partial charge on any atom is -0.480 e. The number of anilines is 1. The summed E-state index contributed by atoms with van der Waals surface area (Å²) < 4.78 is 44.7. The number of halogens is 3. The van der Waals surface area contributed by atoms with E-state index in [-0.39, 0.29) is 24.0 Å². The zero-order valence-corrected chi connectivity index (χ0v) is 12.6. The van der Waals surface area contributed by atoms with Crippen molar-refractivity contribution in [3.63, 3.8) is 0 Å². The highest BCUT2D eigenvalue weighted by atomic mass is 19.4. The van der Waals surface area contributed by atoms with E-state index in [1.165, 1.54) is 6.20 Å². The summed E-state index contributed by atoms with van der Waals surface area (Å²) in [5.74, 6) is -0.0623. The van der Waals surface area contributed by atoms with Crippen molar-refractivity contribution in [2.45, 2.75) is 20.0 Å². The van der Waals surface area contributed by atoms with Crippen LogP contribution in [-0.2, 0) is 10.9 Å². The molecule has 1 N–H and O–H groups in total. The van der Waals surface area contributed by atoms with E-state index in [1.807, 2.05) is 0 Å². The molecule has 0 aliphatic rings. The van der Waals surface area contributed by atoms with E-state index in [1.54, 1.807) is 26.1 Å². The number of nitrogens with one attached hydrogen (secondary N) is 1. The fourth-order valence-corrected chi connectivity index (χ4v) is 1.87. The Kier molecular flexibility index (Phi) is 4.83. The Balaban J connectivity index is 2.44. The van der Waals surface area contributed by atoms with Crippen molar-refractivity contribution < 1.29 is 17.9 Å². The van der Waals surface area contributed by atoms with Crippen molar-refractivity contribution in [3.05, 3.63) is 48.4 Å². The average Bonchev–Trinajstić information content (AvgIpc) is 2.46.